The first-order valence-corrected chi connectivity index (χ1v) is 9.69. The summed E-state index contributed by atoms with van der Waals surface area (Å²) in [4.78, 5) is 4.04. The van der Waals surface area contributed by atoms with E-state index >= 15 is 0 Å². The quantitative estimate of drug-likeness (QED) is 0.873. The third kappa shape index (κ3) is 3.71. The lowest BCUT2D eigenvalue weighted by atomic mass is 10.2. The molecule has 2 aromatic carbocycles. The Hall–Kier alpha value is -2.05. The van der Waals surface area contributed by atoms with Gasteiger partial charge in [-0.05, 0) is 31.2 Å². The number of piperazine rings is 1. The molecule has 0 unspecified atom stereocenters. The van der Waals surface area contributed by atoms with Crippen LogP contribution in [0.15, 0.2) is 53.4 Å². The van der Waals surface area contributed by atoms with Gasteiger partial charge in [-0.3, -0.25) is 4.72 Å². The lowest BCUT2D eigenvalue weighted by Gasteiger charge is -2.33. The van der Waals surface area contributed by atoms with E-state index in [1.165, 1.54) is 4.90 Å². The van der Waals surface area contributed by atoms with Gasteiger partial charge in [-0.2, -0.15) is 0 Å². The summed E-state index contributed by atoms with van der Waals surface area (Å²) >= 11 is 0. The number of benzene rings is 2. The molecular formula is C18H24N3O2S+. The van der Waals surface area contributed by atoms with E-state index in [4.69, 9.17) is 0 Å². The lowest BCUT2D eigenvalue weighted by Crippen LogP contribution is -3.12. The summed E-state index contributed by atoms with van der Waals surface area (Å²) in [5, 5.41) is 0. The topological polar surface area (TPSA) is 53.9 Å². The van der Waals surface area contributed by atoms with Crippen LogP contribution >= 0.6 is 0 Å². The number of nitrogens with one attached hydrogen (secondary N) is 2. The molecule has 6 heteroatoms. The Kier molecular flexibility index (Phi) is 4.78. The predicted molar refractivity (Wildman–Crippen MR) is 97.3 cm³/mol. The van der Waals surface area contributed by atoms with Crippen molar-refractivity contribution in [2.45, 2.75) is 11.8 Å². The predicted octanol–water partition coefficient (Wildman–Crippen LogP) is 1.13. The smallest absolute Gasteiger partial charge is 0.261 e. The van der Waals surface area contributed by atoms with Crippen molar-refractivity contribution in [3.63, 3.8) is 0 Å². The third-order valence-corrected chi connectivity index (χ3v) is 5.82. The van der Waals surface area contributed by atoms with E-state index in [1.54, 1.807) is 12.1 Å². The number of quaternary nitrogens is 1. The number of likely N-dealkylation sites (N-methyl/N-ethyl adjacent to an activating group) is 1. The van der Waals surface area contributed by atoms with Crippen molar-refractivity contribution >= 4 is 21.4 Å². The number of rotatable bonds is 4. The van der Waals surface area contributed by atoms with Gasteiger partial charge in [0, 0.05) is 0 Å². The van der Waals surface area contributed by atoms with Gasteiger partial charge in [0.25, 0.3) is 10.0 Å². The minimum atomic E-state index is -3.58. The number of sulfonamides is 1. The molecule has 24 heavy (non-hydrogen) atoms. The molecule has 1 heterocycles. The number of nitrogens with zero attached hydrogens (tertiary/aromatic N) is 1. The zero-order chi connectivity index (χ0) is 17.2. The van der Waals surface area contributed by atoms with Gasteiger partial charge in [0.2, 0.25) is 0 Å². The summed E-state index contributed by atoms with van der Waals surface area (Å²) in [6.45, 7) is 5.90. The van der Waals surface area contributed by atoms with Gasteiger partial charge >= 0.3 is 0 Å². The molecule has 1 aliphatic heterocycles. The first-order valence-electron chi connectivity index (χ1n) is 8.20. The average molecular weight is 346 g/mol. The van der Waals surface area contributed by atoms with Crippen LogP contribution in [0.1, 0.15) is 5.56 Å². The Morgan fingerprint density at radius 2 is 1.62 bits per heavy atom. The molecule has 0 amide bonds. The van der Waals surface area contributed by atoms with Crippen molar-refractivity contribution in [3.8, 4) is 0 Å². The molecule has 1 saturated heterocycles. The second-order valence-electron chi connectivity index (χ2n) is 6.38. The molecule has 128 valence electrons. The van der Waals surface area contributed by atoms with Gasteiger partial charge in [-0.1, -0.05) is 29.8 Å². The molecule has 0 aliphatic carbocycles. The minimum Gasteiger partial charge on any atom is -0.359 e. The Morgan fingerprint density at radius 1 is 1.00 bits per heavy atom. The van der Waals surface area contributed by atoms with Crippen LogP contribution in [0.2, 0.25) is 0 Å². The van der Waals surface area contributed by atoms with Gasteiger partial charge in [-0.25, -0.2) is 8.42 Å². The summed E-state index contributed by atoms with van der Waals surface area (Å²) in [7, 11) is -1.40. The Labute approximate surface area is 144 Å². The first kappa shape index (κ1) is 16.8. The monoisotopic (exact) mass is 346 g/mol. The molecule has 0 saturated carbocycles. The van der Waals surface area contributed by atoms with Crippen LogP contribution in [-0.4, -0.2) is 41.6 Å². The fourth-order valence-electron chi connectivity index (χ4n) is 2.89. The molecule has 2 aromatic rings. The average Bonchev–Trinajstić information content (AvgIpc) is 2.56. The minimum absolute atomic E-state index is 0.283. The molecule has 3 rings (SSSR count). The normalized spacial score (nSPS) is 16.2. The Morgan fingerprint density at radius 3 is 2.29 bits per heavy atom. The maximum atomic E-state index is 12.7. The highest BCUT2D eigenvalue weighted by Crippen LogP contribution is 2.28. The van der Waals surface area contributed by atoms with Crippen molar-refractivity contribution in [2.75, 3.05) is 42.8 Å². The van der Waals surface area contributed by atoms with Crippen molar-refractivity contribution in [2.24, 2.45) is 0 Å². The zero-order valence-corrected chi connectivity index (χ0v) is 14.9. The summed E-state index contributed by atoms with van der Waals surface area (Å²) in [6.07, 6.45) is 0. The number of hydrogen-bond acceptors (Lipinski definition) is 3. The van der Waals surface area contributed by atoms with Crippen molar-refractivity contribution in [1.82, 2.24) is 0 Å². The summed E-state index contributed by atoms with van der Waals surface area (Å²) < 4.78 is 28.1. The van der Waals surface area contributed by atoms with Crippen molar-refractivity contribution in [3.05, 3.63) is 54.1 Å². The van der Waals surface area contributed by atoms with Crippen LogP contribution in [0.4, 0.5) is 11.4 Å². The van der Waals surface area contributed by atoms with E-state index in [0.29, 0.717) is 5.69 Å². The second kappa shape index (κ2) is 6.83. The molecule has 1 fully saturated rings. The largest absolute Gasteiger partial charge is 0.359 e. The molecule has 5 nitrogen and oxygen atoms in total. The highest BCUT2D eigenvalue weighted by Gasteiger charge is 2.21. The molecule has 0 radical (unpaired) electrons. The van der Waals surface area contributed by atoms with E-state index < -0.39 is 10.0 Å². The highest BCUT2D eigenvalue weighted by molar-refractivity contribution is 7.92. The highest BCUT2D eigenvalue weighted by atomic mass is 32.2. The van der Waals surface area contributed by atoms with E-state index in [-0.39, 0.29) is 4.90 Å². The Bertz CT molecular complexity index is 795. The standard InChI is InChI=1S/C18H23N3O2S/c1-15-7-9-16(10-8-15)24(22,23)19-17-5-3-4-6-18(17)21-13-11-20(2)12-14-21/h3-10,19H,11-14H2,1-2H3/p+1. The third-order valence-electron chi connectivity index (χ3n) is 4.44. The fourth-order valence-corrected chi connectivity index (χ4v) is 3.96. The van der Waals surface area contributed by atoms with Crippen LogP contribution in [0.25, 0.3) is 0 Å². The number of para-hydroxylation sites is 2. The molecular weight excluding hydrogens is 322 g/mol. The maximum absolute atomic E-state index is 12.7. The van der Waals surface area contributed by atoms with Gasteiger partial charge < -0.3 is 9.80 Å². The van der Waals surface area contributed by atoms with E-state index in [2.05, 4.69) is 16.7 Å². The number of aryl methyl sites for hydroxylation is 1. The van der Waals surface area contributed by atoms with Crippen molar-refractivity contribution in [1.29, 1.82) is 0 Å². The van der Waals surface area contributed by atoms with Crippen LogP contribution in [0, 0.1) is 6.92 Å². The number of hydrogen-bond donors (Lipinski definition) is 2. The summed E-state index contributed by atoms with van der Waals surface area (Å²) in [5.41, 5.74) is 2.62. The molecule has 0 spiro atoms. The van der Waals surface area contributed by atoms with Crippen LogP contribution < -0.4 is 14.5 Å². The summed E-state index contributed by atoms with van der Waals surface area (Å²) in [6, 6.07) is 14.5. The SMILES string of the molecule is Cc1ccc(S(=O)(=O)Nc2ccccc2N2CC[NH+](C)CC2)cc1. The van der Waals surface area contributed by atoms with E-state index in [9.17, 15) is 8.42 Å². The van der Waals surface area contributed by atoms with Crippen LogP contribution in [-0.2, 0) is 10.0 Å². The Balaban J connectivity index is 1.86. The van der Waals surface area contributed by atoms with Gasteiger partial charge in [0.05, 0.1) is 49.5 Å². The number of anilines is 2. The lowest BCUT2D eigenvalue weighted by molar-refractivity contribution is -0.880. The zero-order valence-electron chi connectivity index (χ0n) is 14.1. The molecule has 0 atom stereocenters. The van der Waals surface area contributed by atoms with E-state index in [1.807, 2.05) is 43.3 Å². The maximum Gasteiger partial charge on any atom is 0.261 e. The summed E-state index contributed by atoms with van der Waals surface area (Å²) in [5.74, 6) is 0. The van der Waals surface area contributed by atoms with Gasteiger partial charge in [-0.15, -0.1) is 0 Å². The van der Waals surface area contributed by atoms with Crippen LogP contribution in [0.3, 0.4) is 0 Å². The molecule has 0 aromatic heterocycles. The van der Waals surface area contributed by atoms with Crippen LogP contribution in [0.5, 0.6) is 0 Å². The van der Waals surface area contributed by atoms with Gasteiger partial charge in [0.1, 0.15) is 0 Å². The molecule has 2 N–H and O–H groups in total. The first-order chi connectivity index (χ1) is 11.5. The second-order valence-corrected chi connectivity index (χ2v) is 8.06. The van der Waals surface area contributed by atoms with E-state index in [0.717, 1.165) is 37.4 Å². The molecule has 0 bridgehead atoms. The molecule has 1 aliphatic rings. The fraction of sp³-hybridized carbons (Fsp3) is 0.333. The van der Waals surface area contributed by atoms with Gasteiger partial charge in [0.15, 0.2) is 0 Å². The van der Waals surface area contributed by atoms with Crippen molar-refractivity contribution < 1.29 is 13.3 Å².